The summed E-state index contributed by atoms with van der Waals surface area (Å²) >= 11 is 0. The van der Waals surface area contributed by atoms with Crippen LogP contribution in [-0.2, 0) is 25.0 Å². The molecule has 0 spiro atoms. The van der Waals surface area contributed by atoms with Crippen molar-refractivity contribution >= 4 is 12.1 Å². The third-order valence-corrected chi connectivity index (χ3v) is 2.50. The highest BCUT2D eigenvalue weighted by Gasteiger charge is 2.24. The molecule has 6 heteroatoms. The van der Waals surface area contributed by atoms with E-state index in [1.54, 1.807) is 32.9 Å². The van der Waals surface area contributed by atoms with Gasteiger partial charge in [-0.3, -0.25) is 4.89 Å². The molecule has 0 heterocycles. The van der Waals surface area contributed by atoms with Crippen LogP contribution in [0.4, 0.5) is 4.79 Å². The lowest BCUT2D eigenvalue weighted by Gasteiger charge is -2.21. The first-order chi connectivity index (χ1) is 10.0. The Morgan fingerprint density at radius 1 is 0.864 bits per heavy atom. The molecule has 0 radical (unpaired) electrons. The predicted octanol–water partition coefficient (Wildman–Crippen LogP) is 3.94. The lowest BCUT2D eigenvalue weighted by Crippen LogP contribution is -2.23. The molecule has 0 atom stereocenters. The van der Waals surface area contributed by atoms with E-state index in [4.69, 9.17) is 4.89 Å². The molecule has 0 aliphatic rings. The summed E-state index contributed by atoms with van der Waals surface area (Å²) in [6.07, 6.45) is -1.25. The Labute approximate surface area is 130 Å². The average molecular weight is 310 g/mol. The van der Waals surface area contributed by atoms with Gasteiger partial charge in [-0.25, -0.2) is 14.6 Å². The molecule has 0 saturated carbocycles. The summed E-state index contributed by atoms with van der Waals surface area (Å²) in [6.45, 7) is 11.0. The molecule has 0 N–H and O–H groups in total. The molecule has 1 aromatic carbocycles. The smallest absolute Gasteiger partial charge is 0.256 e. The van der Waals surface area contributed by atoms with E-state index in [2.05, 4.69) is 14.7 Å². The quantitative estimate of drug-likeness (QED) is 0.608. The van der Waals surface area contributed by atoms with Crippen molar-refractivity contribution in [1.82, 2.24) is 0 Å². The van der Waals surface area contributed by atoms with Crippen molar-refractivity contribution in [2.75, 3.05) is 0 Å². The standard InChI is InChI=1S/C16H22O6/c1-15(2,3)12-10-8-7-9-11(12)13(17)19-20-14(18)21-22-16(4,5)6/h7-10H,1-6H3. The van der Waals surface area contributed by atoms with E-state index in [1.807, 2.05) is 32.9 Å². The van der Waals surface area contributed by atoms with Crippen LogP contribution in [-0.4, -0.2) is 17.7 Å². The Balaban J connectivity index is 2.66. The summed E-state index contributed by atoms with van der Waals surface area (Å²) in [7, 11) is 0. The molecule has 0 aliphatic carbocycles. The minimum absolute atomic E-state index is 0.258. The van der Waals surface area contributed by atoms with Crippen molar-refractivity contribution in [3.63, 3.8) is 0 Å². The van der Waals surface area contributed by atoms with E-state index in [0.717, 1.165) is 5.56 Å². The summed E-state index contributed by atoms with van der Waals surface area (Å²) in [6, 6.07) is 6.94. The van der Waals surface area contributed by atoms with Gasteiger partial charge in [0, 0.05) is 0 Å². The van der Waals surface area contributed by atoms with Crippen LogP contribution in [0.3, 0.4) is 0 Å². The van der Waals surface area contributed by atoms with Crippen LogP contribution in [0.2, 0.25) is 0 Å². The van der Waals surface area contributed by atoms with Crippen LogP contribution in [0, 0.1) is 0 Å². The zero-order valence-corrected chi connectivity index (χ0v) is 13.8. The van der Waals surface area contributed by atoms with Gasteiger partial charge in [0.15, 0.2) is 0 Å². The number of hydrogen-bond donors (Lipinski definition) is 0. The first kappa shape index (κ1) is 18.0. The maximum absolute atomic E-state index is 12.0. The zero-order valence-electron chi connectivity index (χ0n) is 13.8. The van der Waals surface area contributed by atoms with E-state index in [9.17, 15) is 9.59 Å². The van der Waals surface area contributed by atoms with Gasteiger partial charge >= 0.3 is 12.1 Å². The minimum Gasteiger partial charge on any atom is -0.256 e. The van der Waals surface area contributed by atoms with Crippen molar-refractivity contribution < 1.29 is 29.1 Å². The number of benzene rings is 1. The number of carbonyl (C=O) groups excluding carboxylic acids is 2. The summed E-state index contributed by atoms with van der Waals surface area (Å²) in [5.74, 6) is -0.779. The molecule has 0 bridgehead atoms. The number of carbonyl (C=O) groups is 2. The maximum atomic E-state index is 12.0. The Morgan fingerprint density at radius 3 is 2.00 bits per heavy atom. The Morgan fingerprint density at radius 2 is 1.45 bits per heavy atom. The van der Waals surface area contributed by atoms with Crippen molar-refractivity contribution in [1.29, 1.82) is 0 Å². The molecule has 0 amide bonds. The van der Waals surface area contributed by atoms with E-state index in [-0.39, 0.29) is 5.41 Å². The largest absolute Gasteiger partial charge is 0.582 e. The van der Waals surface area contributed by atoms with Gasteiger partial charge in [0.25, 0.3) is 0 Å². The third kappa shape index (κ3) is 5.73. The third-order valence-electron chi connectivity index (χ3n) is 2.50. The first-order valence-electron chi connectivity index (χ1n) is 6.89. The SMILES string of the molecule is CC(C)(C)OOC(=O)OOC(=O)c1ccccc1C(C)(C)C. The fourth-order valence-corrected chi connectivity index (χ4v) is 1.60. The molecule has 0 aliphatic heterocycles. The molecule has 1 aromatic rings. The average Bonchev–Trinajstić information content (AvgIpc) is 2.40. The molecule has 22 heavy (non-hydrogen) atoms. The molecule has 0 unspecified atom stereocenters. The van der Waals surface area contributed by atoms with E-state index in [0.29, 0.717) is 5.56 Å². The summed E-state index contributed by atoms with van der Waals surface area (Å²) in [4.78, 5) is 41.2. The van der Waals surface area contributed by atoms with E-state index >= 15 is 0 Å². The molecule has 122 valence electrons. The molecule has 0 fully saturated rings. The van der Waals surface area contributed by atoms with Crippen molar-refractivity contribution in [2.45, 2.75) is 52.6 Å². The highest BCUT2D eigenvalue weighted by atomic mass is 17.3. The molecule has 0 aromatic heterocycles. The second-order valence-corrected chi connectivity index (χ2v) is 6.78. The monoisotopic (exact) mass is 310 g/mol. The lowest BCUT2D eigenvalue weighted by molar-refractivity contribution is -0.337. The summed E-state index contributed by atoms with van der Waals surface area (Å²) in [5, 5.41) is 0. The highest BCUT2D eigenvalue weighted by molar-refractivity contribution is 5.91. The van der Waals surface area contributed by atoms with Crippen molar-refractivity contribution in [3.05, 3.63) is 35.4 Å². The van der Waals surface area contributed by atoms with Crippen molar-refractivity contribution in [2.24, 2.45) is 0 Å². The predicted molar refractivity (Wildman–Crippen MR) is 79.0 cm³/mol. The van der Waals surface area contributed by atoms with Gasteiger partial charge in [-0.2, -0.15) is 9.68 Å². The Kier molecular flexibility index (Phi) is 5.54. The van der Waals surface area contributed by atoms with Gasteiger partial charge in [-0.15, -0.1) is 0 Å². The Hall–Kier alpha value is -2.08. The van der Waals surface area contributed by atoms with Crippen LogP contribution in [0.1, 0.15) is 57.5 Å². The van der Waals surface area contributed by atoms with Gasteiger partial charge in [-0.1, -0.05) is 39.0 Å². The molecule has 6 nitrogen and oxygen atoms in total. The molecular weight excluding hydrogens is 288 g/mol. The zero-order chi connectivity index (χ0) is 17.0. The van der Waals surface area contributed by atoms with Crippen molar-refractivity contribution in [3.8, 4) is 0 Å². The van der Waals surface area contributed by atoms with Gasteiger partial charge < -0.3 is 0 Å². The van der Waals surface area contributed by atoms with Crippen LogP contribution in [0.15, 0.2) is 24.3 Å². The lowest BCUT2D eigenvalue weighted by atomic mass is 9.84. The van der Waals surface area contributed by atoms with Gasteiger partial charge in [0.05, 0.1) is 5.56 Å². The second-order valence-electron chi connectivity index (χ2n) is 6.78. The maximum Gasteiger partial charge on any atom is 0.582 e. The second kappa shape index (κ2) is 6.79. The molecule has 0 saturated heterocycles. The summed E-state index contributed by atoms with van der Waals surface area (Å²) in [5.41, 5.74) is 0.148. The minimum atomic E-state index is -1.25. The van der Waals surface area contributed by atoms with Crippen LogP contribution >= 0.6 is 0 Å². The van der Waals surface area contributed by atoms with Crippen LogP contribution in [0.5, 0.6) is 0 Å². The topological polar surface area (TPSA) is 71.1 Å². The highest BCUT2D eigenvalue weighted by Crippen LogP contribution is 2.26. The van der Waals surface area contributed by atoms with Crippen LogP contribution in [0.25, 0.3) is 0 Å². The number of hydrogen-bond acceptors (Lipinski definition) is 6. The first-order valence-corrected chi connectivity index (χ1v) is 6.89. The Bertz CT molecular complexity index is 536. The fourth-order valence-electron chi connectivity index (χ4n) is 1.60. The molecule has 1 rings (SSSR count). The summed E-state index contributed by atoms with van der Waals surface area (Å²) < 4.78 is 0. The van der Waals surface area contributed by atoms with E-state index in [1.165, 1.54) is 0 Å². The van der Waals surface area contributed by atoms with Crippen LogP contribution < -0.4 is 0 Å². The van der Waals surface area contributed by atoms with Gasteiger partial charge in [0.1, 0.15) is 5.60 Å². The molecular formula is C16H22O6. The number of rotatable bonds is 2. The van der Waals surface area contributed by atoms with Gasteiger partial charge in [-0.05, 0) is 37.8 Å². The van der Waals surface area contributed by atoms with Gasteiger partial charge in [0.2, 0.25) is 0 Å². The van der Waals surface area contributed by atoms with E-state index < -0.39 is 17.7 Å². The normalized spacial score (nSPS) is 11.7. The fraction of sp³-hybridized carbons (Fsp3) is 0.500.